The van der Waals surface area contributed by atoms with E-state index in [-0.39, 0.29) is 46.8 Å². The largest absolute Gasteiger partial charge is 0.384 e. The molecule has 0 spiro atoms. The third kappa shape index (κ3) is 4.67. The van der Waals surface area contributed by atoms with Gasteiger partial charge in [-0.2, -0.15) is 0 Å². The molecule has 3 heteroatoms. The first-order chi connectivity index (χ1) is 5.99. The summed E-state index contributed by atoms with van der Waals surface area (Å²) in [5, 5.41) is 10.4. The molecule has 0 fully saturated rings. The molecule has 0 aromatic heterocycles. The van der Waals surface area contributed by atoms with E-state index in [2.05, 4.69) is 11.9 Å². The van der Waals surface area contributed by atoms with Crippen LogP contribution in [0.2, 0.25) is 0 Å². The zero-order valence-electron chi connectivity index (χ0n) is 10.1. The van der Waals surface area contributed by atoms with Crippen LogP contribution in [0.5, 0.6) is 0 Å². The van der Waals surface area contributed by atoms with Crippen LogP contribution in [0.25, 0.3) is 0 Å². The Morgan fingerprint density at radius 2 is 1.86 bits per heavy atom. The number of aliphatic hydroxyl groups is 1. The monoisotopic (exact) mass is 327 g/mol. The Kier molecular flexibility index (Phi) is 10.1. The van der Waals surface area contributed by atoms with E-state index >= 15 is 0 Å². The van der Waals surface area contributed by atoms with Crippen LogP contribution in [0.1, 0.15) is 47.5 Å². The Morgan fingerprint density at radius 1 is 1.36 bits per heavy atom. The van der Waals surface area contributed by atoms with Crippen LogP contribution in [0.3, 0.4) is 0 Å². The molecule has 1 atom stereocenters. The van der Waals surface area contributed by atoms with Crippen LogP contribution in [0, 0.1) is 46.8 Å². The van der Waals surface area contributed by atoms with Gasteiger partial charge in [0.1, 0.15) is 5.60 Å². The molecule has 0 rings (SSSR count). The summed E-state index contributed by atoms with van der Waals surface area (Å²) in [6, 6.07) is 0. The topological polar surface area (TPSA) is 32.6 Å². The van der Waals surface area contributed by atoms with Gasteiger partial charge >= 0.3 is 0 Å². The fraction of sp³-hybridized carbons (Fsp3) is 0.909. The van der Waals surface area contributed by atoms with Gasteiger partial charge in [-0.1, -0.05) is 27.2 Å². The Morgan fingerprint density at radius 3 is 2.14 bits per heavy atom. The van der Waals surface area contributed by atoms with Crippen LogP contribution >= 0.6 is 0 Å². The minimum absolute atomic E-state index is 0. The number of rotatable bonds is 5. The van der Waals surface area contributed by atoms with Crippen molar-refractivity contribution in [3.05, 3.63) is 0 Å². The van der Waals surface area contributed by atoms with Crippen molar-refractivity contribution in [3.63, 3.8) is 0 Å². The van der Waals surface area contributed by atoms with Gasteiger partial charge in [0.05, 0.1) is 0 Å². The summed E-state index contributed by atoms with van der Waals surface area (Å²) < 4.78 is 0. The van der Waals surface area contributed by atoms with Crippen molar-refractivity contribution in [3.8, 4) is 0 Å². The summed E-state index contributed by atoms with van der Waals surface area (Å²) in [6.45, 7) is 10.9. The van der Waals surface area contributed by atoms with Crippen LogP contribution in [0.15, 0.2) is 4.99 Å². The van der Waals surface area contributed by atoms with Gasteiger partial charge in [-0.05, 0) is 26.2 Å². The van der Waals surface area contributed by atoms with Crippen molar-refractivity contribution in [2.75, 3.05) is 6.54 Å². The molecular formula is C11H23NNdO. The molecule has 0 bridgehead atoms. The Hall–Kier alpha value is 0.981. The van der Waals surface area contributed by atoms with Gasteiger partial charge in [0.25, 0.3) is 0 Å². The van der Waals surface area contributed by atoms with Gasteiger partial charge in [-0.3, -0.25) is 4.99 Å². The van der Waals surface area contributed by atoms with Gasteiger partial charge in [-0.15, -0.1) is 0 Å². The van der Waals surface area contributed by atoms with E-state index in [1.807, 2.05) is 27.7 Å². The quantitative estimate of drug-likeness (QED) is 0.773. The third-order valence-electron chi connectivity index (χ3n) is 2.61. The maximum Gasteiger partial charge on any atom is 0.104 e. The molecule has 2 nitrogen and oxygen atoms in total. The number of hydrogen-bond acceptors (Lipinski definition) is 2. The van der Waals surface area contributed by atoms with Gasteiger partial charge < -0.3 is 5.11 Å². The first-order valence-electron chi connectivity index (χ1n) is 5.22. The molecule has 1 unspecified atom stereocenters. The number of aliphatic imine (C=N–C) groups is 1. The Bertz CT molecular complexity index is 180. The predicted octanol–water partition coefficient (Wildman–Crippen LogP) is 2.65. The van der Waals surface area contributed by atoms with Gasteiger partial charge in [0, 0.05) is 53.1 Å². The Balaban J connectivity index is 0. The van der Waals surface area contributed by atoms with Crippen molar-refractivity contribution in [2.45, 2.75) is 53.1 Å². The number of nitrogens with zero attached hydrogens (tertiary/aromatic N) is 1. The minimum atomic E-state index is -0.690. The minimum Gasteiger partial charge on any atom is -0.384 e. The van der Waals surface area contributed by atoms with Gasteiger partial charge in [-0.25, -0.2) is 0 Å². The van der Waals surface area contributed by atoms with E-state index < -0.39 is 5.60 Å². The smallest absolute Gasteiger partial charge is 0.104 e. The molecule has 0 aromatic rings. The molecule has 0 saturated heterocycles. The molecule has 0 aliphatic carbocycles. The SMILES string of the molecule is CCCC(O)(C(C)=NCC)C(C)C.[Nd]. The summed E-state index contributed by atoms with van der Waals surface area (Å²) in [7, 11) is 0. The van der Waals surface area contributed by atoms with E-state index in [0.717, 1.165) is 25.1 Å². The van der Waals surface area contributed by atoms with Gasteiger partial charge in [0.2, 0.25) is 0 Å². The molecule has 0 aliphatic rings. The van der Waals surface area contributed by atoms with Crippen LogP contribution in [-0.4, -0.2) is 23.0 Å². The Labute approximate surface area is 121 Å². The van der Waals surface area contributed by atoms with E-state index in [1.54, 1.807) is 0 Å². The summed E-state index contributed by atoms with van der Waals surface area (Å²) in [6.07, 6.45) is 1.80. The van der Waals surface area contributed by atoms with Crippen LogP contribution in [0.4, 0.5) is 0 Å². The first-order valence-corrected chi connectivity index (χ1v) is 5.22. The molecule has 14 heavy (non-hydrogen) atoms. The summed E-state index contributed by atoms with van der Waals surface area (Å²) >= 11 is 0. The molecule has 0 aromatic carbocycles. The fourth-order valence-electron chi connectivity index (χ4n) is 1.64. The van der Waals surface area contributed by atoms with Crippen molar-refractivity contribution in [2.24, 2.45) is 10.9 Å². The standard InChI is InChI=1S/C11H23NO.Nd/c1-6-8-11(13,9(3)4)10(5)12-7-2;/h9,13H,6-8H2,1-5H3;. The molecular weight excluding hydrogens is 306 g/mol. The summed E-state index contributed by atoms with van der Waals surface area (Å²) in [4.78, 5) is 4.30. The first kappa shape index (κ1) is 17.4. The molecule has 0 aliphatic heterocycles. The average Bonchev–Trinajstić information content (AvgIpc) is 2.04. The van der Waals surface area contributed by atoms with Crippen molar-refractivity contribution >= 4 is 5.71 Å². The molecule has 0 saturated carbocycles. The second-order valence-corrected chi connectivity index (χ2v) is 3.89. The molecule has 82 valence electrons. The van der Waals surface area contributed by atoms with E-state index in [4.69, 9.17) is 0 Å². The van der Waals surface area contributed by atoms with E-state index in [0.29, 0.717) is 0 Å². The van der Waals surface area contributed by atoms with Crippen LogP contribution in [-0.2, 0) is 0 Å². The van der Waals surface area contributed by atoms with E-state index in [9.17, 15) is 5.11 Å². The molecule has 0 amide bonds. The second kappa shape index (κ2) is 8.17. The average molecular weight is 330 g/mol. The summed E-state index contributed by atoms with van der Waals surface area (Å²) in [5.41, 5.74) is 0.192. The van der Waals surface area contributed by atoms with Crippen molar-refractivity contribution in [1.82, 2.24) is 0 Å². The normalized spacial score (nSPS) is 16.4. The van der Waals surface area contributed by atoms with E-state index in [1.165, 1.54) is 0 Å². The predicted molar refractivity (Wildman–Crippen MR) is 58.3 cm³/mol. The van der Waals surface area contributed by atoms with Crippen LogP contribution < -0.4 is 0 Å². The third-order valence-corrected chi connectivity index (χ3v) is 2.61. The van der Waals surface area contributed by atoms with Crippen molar-refractivity contribution < 1.29 is 45.9 Å². The zero-order valence-corrected chi connectivity index (χ0v) is 13.3. The summed E-state index contributed by atoms with van der Waals surface area (Å²) in [5.74, 6) is 0.239. The fourth-order valence-corrected chi connectivity index (χ4v) is 1.64. The number of hydrogen-bond donors (Lipinski definition) is 1. The van der Waals surface area contributed by atoms with Crippen molar-refractivity contribution in [1.29, 1.82) is 0 Å². The maximum atomic E-state index is 10.4. The molecule has 0 heterocycles. The van der Waals surface area contributed by atoms with Gasteiger partial charge in [0.15, 0.2) is 0 Å². The molecule has 0 radical (unpaired) electrons. The molecule has 1 N–H and O–H groups in total. The zero-order chi connectivity index (χ0) is 10.5. The second-order valence-electron chi connectivity index (χ2n) is 3.89. The maximum absolute atomic E-state index is 10.4.